The first-order valence-corrected chi connectivity index (χ1v) is 9.03. The molecule has 1 aliphatic heterocycles. The molecule has 0 aliphatic carbocycles. The Morgan fingerprint density at radius 1 is 1.28 bits per heavy atom. The molecule has 1 saturated heterocycles. The maximum atomic E-state index is 13.0. The van der Waals surface area contributed by atoms with Crippen molar-refractivity contribution in [2.75, 3.05) is 38.1 Å². The second-order valence-electron chi connectivity index (χ2n) is 6.10. The number of nitrogens with two attached hydrogens (primary N) is 1. The van der Waals surface area contributed by atoms with Gasteiger partial charge in [0.05, 0.1) is 10.2 Å². The number of halogens is 1. The van der Waals surface area contributed by atoms with Crippen molar-refractivity contribution in [2.24, 2.45) is 5.73 Å². The second-order valence-corrected chi connectivity index (χ2v) is 7.55. The van der Waals surface area contributed by atoms with Crippen LogP contribution < -0.4 is 16.2 Å². The van der Waals surface area contributed by atoms with Crippen LogP contribution in [0.2, 0.25) is 5.02 Å². The minimum absolute atomic E-state index is 0.0586. The molecule has 0 atom stereocenters. The van der Waals surface area contributed by atoms with E-state index in [9.17, 15) is 9.59 Å². The number of fused-ring (bicyclic) bond motifs is 3. The largest absolute Gasteiger partial charge is 0.365 e. The van der Waals surface area contributed by atoms with Crippen molar-refractivity contribution in [3.8, 4) is 0 Å². The van der Waals surface area contributed by atoms with Crippen LogP contribution in [0.15, 0.2) is 23.0 Å². The highest BCUT2D eigenvalue weighted by atomic mass is 35.5. The van der Waals surface area contributed by atoms with Crippen LogP contribution in [0, 0.1) is 0 Å². The summed E-state index contributed by atoms with van der Waals surface area (Å²) in [5.41, 5.74) is 5.72. The SMILES string of the molecule is CN1CCN(c2nc3sc4cc(Cl)ccc4n3c(=O)c2C(N)=O)CC1. The monoisotopic (exact) mass is 377 g/mol. The number of anilines is 1. The summed E-state index contributed by atoms with van der Waals surface area (Å²) in [7, 11) is 2.04. The van der Waals surface area contributed by atoms with E-state index in [4.69, 9.17) is 17.3 Å². The molecular formula is C16H16ClN5O2S. The number of piperazine rings is 1. The van der Waals surface area contributed by atoms with Gasteiger partial charge >= 0.3 is 0 Å². The van der Waals surface area contributed by atoms with Crippen LogP contribution in [0.5, 0.6) is 0 Å². The molecule has 2 N–H and O–H groups in total. The molecule has 1 aromatic carbocycles. The van der Waals surface area contributed by atoms with Crippen LogP contribution in [-0.4, -0.2) is 53.4 Å². The highest BCUT2D eigenvalue weighted by Crippen LogP contribution is 2.29. The fraction of sp³-hybridized carbons (Fsp3) is 0.312. The average Bonchev–Trinajstić information content (AvgIpc) is 2.92. The average molecular weight is 378 g/mol. The van der Waals surface area contributed by atoms with Crippen molar-refractivity contribution in [3.05, 3.63) is 39.1 Å². The van der Waals surface area contributed by atoms with Gasteiger partial charge in [0.2, 0.25) is 0 Å². The lowest BCUT2D eigenvalue weighted by molar-refractivity contribution is 0.0999. The molecule has 1 fully saturated rings. The van der Waals surface area contributed by atoms with E-state index in [-0.39, 0.29) is 5.56 Å². The maximum absolute atomic E-state index is 13.0. The number of benzene rings is 1. The minimum atomic E-state index is -0.755. The van der Waals surface area contributed by atoms with Crippen molar-refractivity contribution in [1.82, 2.24) is 14.3 Å². The van der Waals surface area contributed by atoms with Crippen molar-refractivity contribution >= 4 is 49.8 Å². The summed E-state index contributed by atoms with van der Waals surface area (Å²) in [4.78, 5) is 34.3. The summed E-state index contributed by atoms with van der Waals surface area (Å²) in [6, 6.07) is 5.25. The van der Waals surface area contributed by atoms with Crippen LogP contribution in [0.3, 0.4) is 0 Å². The van der Waals surface area contributed by atoms with Gasteiger partial charge in [-0.25, -0.2) is 4.98 Å². The Morgan fingerprint density at radius 2 is 2.00 bits per heavy atom. The Labute approximate surface area is 152 Å². The molecule has 0 bridgehead atoms. The van der Waals surface area contributed by atoms with Gasteiger partial charge in [-0.15, -0.1) is 0 Å². The van der Waals surface area contributed by atoms with Gasteiger partial charge < -0.3 is 15.5 Å². The molecule has 7 nitrogen and oxygen atoms in total. The molecule has 1 amide bonds. The van der Waals surface area contributed by atoms with E-state index >= 15 is 0 Å². The van der Waals surface area contributed by atoms with Crippen LogP contribution in [-0.2, 0) is 0 Å². The number of hydrogen-bond acceptors (Lipinski definition) is 6. The number of carbonyl (C=O) groups excluding carboxylic acids is 1. The van der Waals surface area contributed by atoms with E-state index in [0.29, 0.717) is 34.4 Å². The van der Waals surface area contributed by atoms with E-state index in [1.165, 1.54) is 15.7 Å². The van der Waals surface area contributed by atoms with Gasteiger partial charge in [-0.1, -0.05) is 22.9 Å². The molecule has 9 heteroatoms. The Hall–Kier alpha value is -2.16. The third kappa shape index (κ3) is 2.66. The first-order chi connectivity index (χ1) is 12.0. The molecular weight excluding hydrogens is 362 g/mol. The van der Waals surface area contributed by atoms with E-state index in [0.717, 1.165) is 17.8 Å². The lowest BCUT2D eigenvalue weighted by Gasteiger charge is -2.33. The molecule has 3 aromatic rings. The molecule has 0 unspecified atom stereocenters. The summed E-state index contributed by atoms with van der Waals surface area (Å²) < 4.78 is 2.28. The molecule has 0 spiro atoms. The number of primary amides is 1. The molecule has 0 radical (unpaired) electrons. The number of nitrogens with zero attached hydrogens (tertiary/aromatic N) is 4. The zero-order valence-corrected chi connectivity index (χ0v) is 15.1. The van der Waals surface area contributed by atoms with E-state index < -0.39 is 11.5 Å². The Kier molecular flexibility index (Phi) is 3.90. The summed E-state index contributed by atoms with van der Waals surface area (Å²) in [5.74, 6) is -0.377. The highest BCUT2D eigenvalue weighted by Gasteiger charge is 2.26. The van der Waals surface area contributed by atoms with E-state index in [1.807, 2.05) is 11.9 Å². The van der Waals surface area contributed by atoms with Gasteiger partial charge in [0.25, 0.3) is 11.5 Å². The fourth-order valence-electron chi connectivity index (χ4n) is 3.09. The molecule has 1 aliphatic rings. The second kappa shape index (κ2) is 5.98. The van der Waals surface area contributed by atoms with Gasteiger partial charge in [0.15, 0.2) is 10.8 Å². The Bertz CT molecular complexity index is 1050. The zero-order chi connectivity index (χ0) is 17.7. The highest BCUT2D eigenvalue weighted by molar-refractivity contribution is 7.23. The third-order valence-corrected chi connectivity index (χ3v) is 5.69. The van der Waals surface area contributed by atoms with Crippen molar-refractivity contribution in [2.45, 2.75) is 0 Å². The standard InChI is InChI=1S/C16H16ClN5O2S/c1-20-4-6-21(7-5-20)14-12(13(18)23)15(24)22-10-3-2-9(17)8-11(10)25-16(22)19-14/h2-3,8H,4-7H2,1H3,(H2,18,23). The van der Waals surface area contributed by atoms with Crippen molar-refractivity contribution < 1.29 is 4.79 Å². The molecule has 0 saturated carbocycles. The van der Waals surface area contributed by atoms with Crippen LogP contribution in [0.25, 0.3) is 15.2 Å². The molecule has 25 heavy (non-hydrogen) atoms. The smallest absolute Gasteiger partial charge is 0.274 e. The van der Waals surface area contributed by atoms with Crippen LogP contribution in [0.1, 0.15) is 10.4 Å². The summed E-state index contributed by atoms with van der Waals surface area (Å²) in [5, 5.41) is 0.585. The van der Waals surface area contributed by atoms with Crippen LogP contribution >= 0.6 is 22.9 Å². The van der Waals surface area contributed by atoms with Crippen molar-refractivity contribution in [3.63, 3.8) is 0 Å². The van der Waals surface area contributed by atoms with Gasteiger partial charge in [0.1, 0.15) is 5.56 Å². The summed E-state index contributed by atoms with van der Waals surface area (Å²) in [6.45, 7) is 3.05. The maximum Gasteiger partial charge on any atom is 0.274 e. The molecule has 4 rings (SSSR count). The third-order valence-electron chi connectivity index (χ3n) is 4.45. The lowest BCUT2D eigenvalue weighted by Crippen LogP contribution is -2.46. The van der Waals surface area contributed by atoms with Crippen LogP contribution in [0.4, 0.5) is 5.82 Å². The Balaban J connectivity index is 1.99. The topological polar surface area (TPSA) is 83.9 Å². The number of hydrogen-bond donors (Lipinski definition) is 1. The number of likely N-dealkylation sites (N-methyl/N-ethyl adjacent to an activating group) is 1. The lowest BCUT2D eigenvalue weighted by atomic mass is 10.2. The normalized spacial score (nSPS) is 16.0. The zero-order valence-electron chi connectivity index (χ0n) is 13.5. The minimum Gasteiger partial charge on any atom is -0.365 e. The fourth-order valence-corrected chi connectivity index (χ4v) is 4.38. The van der Waals surface area contributed by atoms with Gasteiger partial charge in [0, 0.05) is 31.2 Å². The number of thiazole rings is 1. The van der Waals surface area contributed by atoms with E-state index in [1.54, 1.807) is 18.2 Å². The van der Waals surface area contributed by atoms with Crippen molar-refractivity contribution in [1.29, 1.82) is 0 Å². The predicted octanol–water partition coefficient (Wildman–Crippen LogP) is 1.41. The first kappa shape index (κ1) is 16.3. The van der Waals surface area contributed by atoms with E-state index in [2.05, 4.69) is 9.88 Å². The first-order valence-electron chi connectivity index (χ1n) is 7.84. The van der Waals surface area contributed by atoms with Gasteiger partial charge in [-0.3, -0.25) is 14.0 Å². The molecule has 2 aromatic heterocycles. The number of carbonyl (C=O) groups is 1. The van der Waals surface area contributed by atoms with Gasteiger partial charge in [-0.05, 0) is 25.2 Å². The van der Waals surface area contributed by atoms with Gasteiger partial charge in [-0.2, -0.15) is 0 Å². The number of aromatic nitrogens is 2. The Morgan fingerprint density at radius 3 is 2.68 bits per heavy atom. The predicted molar refractivity (Wildman–Crippen MR) is 100 cm³/mol. The molecule has 3 heterocycles. The summed E-state index contributed by atoms with van der Waals surface area (Å²) >= 11 is 7.41. The molecule has 130 valence electrons. The number of amides is 1. The quantitative estimate of drug-likeness (QED) is 0.730. The number of rotatable bonds is 2. The summed E-state index contributed by atoms with van der Waals surface area (Å²) in [6.07, 6.45) is 0.